The van der Waals surface area contributed by atoms with E-state index in [9.17, 15) is 0 Å². The fourth-order valence-corrected chi connectivity index (χ4v) is 3.59. The molecule has 0 spiro atoms. The lowest BCUT2D eigenvalue weighted by atomic mass is 9.89. The zero-order valence-electron chi connectivity index (χ0n) is 13.1. The van der Waals surface area contributed by atoms with E-state index >= 15 is 0 Å². The third-order valence-electron chi connectivity index (χ3n) is 4.64. The molecule has 0 saturated carbocycles. The Bertz CT molecular complexity index is 689. The summed E-state index contributed by atoms with van der Waals surface area (Å²) in [5, 5.41) is 6.93. The predicted molar refractivity (Wildman–Crippen MR) is 88.1 cm³/mol. The lowest BCUT2D eigenvalue weighted by molar-refractivity contribution is 0.0800. The SMILES string of the molecule is Cc1cccc(N2N=C3CCOC4CCC=CC4=C3C2C)n1. The normalized spacial score (nSPS) is 27.4. The van der Waals surface area contributed by atoms with Crippen molar-refractivity contribution in [3.05, 3.63) is 47.2 Å². The summed E-state index contributed by atoms with van der Waals surface area (Å²) in [6, 6.07) is 6.31. The summed E-state index contributed by atoms with van der Waals surface area (Å²) >= 11 is 0. The van der Waals surface area contributed by atoms with Crippen LogP contribution in [0.4, 0.5) is 5.82 Å². The molecular weight excluding hydrogens is 274 g/mol. The van der Waals surface area contributed by atoms with E-state index in [-0.39, 0.29) is 12.1 Å². The number of anilines is 1. The van der Waals surface area contributed by atoms with E-state index in [4.69, 9.17) is 9.84 Å². The fourth-order valence-electron chi connectivity index (χ4n) is 3.59. The summed E-state index contributed by atoms with van der Waals surface area (Å²) in [6.07, 6.45) is 7.80. The van der Waals surface area contributed by atoms with Gasteiger partial charge in [-0.3, -0.25) is 0 Å². The monoisotopic (exact) mass is 295 g/mol. The lowest BCUT2D eigenvalue weighted by Crippen LogP contribution is -2.28. The van der Waals surface area contributed by atoms with Crippen LogP contribution in [0.5, 0.6) is 0 Å². The molecule has 3 aliphatic rings. The quantitative estimate of drug-likeness (QED) is 0.797. The van der Waals surface area contributed by atoms with Crippen molar-refractivity contribution < 1.29 is 4.74 Å². The van der Waals surface area contributed by atoms with Crippen molar-refractivity contribution in [1.29, 1.82) is 0 Å². The van der Waals surface area contributed by atoms with Crippen LogP contribution in [-0.4, -0.2) is 29.4 Å². The molecule has 4 heteroatoms. The van der Waals surface area contributed by atoms with Crippen LogP contribution < -0.4 is 5.01 Å². The minimum atomic E-state index is 0.214. The summed E-state index contributed by atoms with van der Waals surface area (Å²) in [6.45, 7) is 4.99. The Hall–Kier alpha value is -1.94. The Morgan fingerprint density at radius 2 is 2.23 bits per heavy atom. The van der Waals surface area contributed by atoms with E-state index < -0.39 is 0 Å². The molecule has 0 N–H and O–H groups in total. The first-order chi connectivity index (χ1) is 10.7. The molecule has 1 aromatic rings. The van der Waals surface area contributed by atoms with Gasteiger partial charge in [-0.2, -0.15) is 5.10 Å². The molecule has 0 bridgehead atoms. The molecule has 0 amide bonds. The van der Waals surface area contributed by atoms with Gasteiger partial charge in [-0.05, 0) is 44.4 Å². The number of aromatic nitrogens is 1. The van der Waals surface area contributed by atoms with Crippen LogP contribution in [0, 0.1) is 6.92 Å². The molecule has 22 heavy (non-hydrogen) atoms. The van der Waals surface area contributed by atoms with E-state index in [1.165, 1.54) is 16.9 Å². The topological polar surface area (TPSA) is 37.7 Å². The number of nitrogens with zero attached hydrogens (tertiary/aromatic N) is 3. The van der Waals surface area contributed by atoms with Gasteiger partial charge in [0.05, 0.1) is 24.5 Å². The molecule has 4 rings (SSSR count). The van der Waals surface area contributed by atoms with Crippen molar-refractivity contribution in [2.75, 3.05) is 11.6 Å². The van der Waals surface area contributed by atoms with Gasteiger partial charge < -0.3 is 4.74 Å². The van der Waals surface area contributed by atoms with E-state index in [1.54, 1.807) is 0 Å². The van der Waals surface area contributed by atoms with Crippen LogP contribution in [0.3, 0.4) is 0 Å². The van der Waals surface area contributed by atoms with E-state index in [0.29, 0.717) is 0 Å². The largest absolute Gasteiger partial charge is 0.373 e. The minimum absolute atomic E-state index is 0.214. The number of hydrogen-bond donors (Lipinski definition) is 0. The smallest absolute Gasteiger partial charge is 0.149 e. The number of pyridine rings is 1. The van der Waals surface area contributed by atoms with Crippen LogP contribution in [0.25, 0.3) is 0 Å². The zero-order valence-corrected chi connectivity index (χ0v) is 13.1. The highest BCUT2D eigenvalue weighted by Crippen LogP contribution is 2.36. The molecule has 0 saturated heterocycles. The first-order valence-corrected chi connectivity index (χ1v) is 8.07. The van der Waals surface area contributed by atoms with Crippen molar-refractivity contribution in [3.63, 3.8) is 0 Å². The highest BCUT2D eigenvalue weighted by atomic mass is 16.5. The standard InChI is InChI=1S/C18H21N3O/c1-12-6-5-9-17(19-12)21-13(2)18-14-7-3-4-8-16(14)22-11-10-15(18)20-21/h3,5-7,9,13,16H,4,8,10-11H2,1-2H3. The van der Waals surface area contributed by atoms with Gasteiger partial charge in [0.25, 0.3) is 0 Å². The Balaban J connectivity index is 1.79. The minimum Gasteiger partial charge on any atom is -0.373 e. The average molecular weight is 295 g/mol. The number of ether oxygens (including phenoxy) is 1. The van der Waals surface area contributed by atoms with E-state index in [1.807, 2.05) is 25.1 Å². The third kappa shape index (κ3) is 2.18. The van der Waals surface area contributed by atoms with Gasteiger partial charge in [-0.15, -0.1) is 0 Å². The molecular formula is C18H21N3O. The molecule has 1 aromatic heterocycles. The van der Waals surface area contributed by atoms with Crippen LogP contribution >= 0.6 is 0 Å². The second kappa shape index (κ2) is 5.36. The molecule has 2 unspecified atom stereocenters. The lowest BCUT2D eigenvalue weighted by Gasteiger charge is -2.25. The molecule has 114 valence electrons. The van der Waals surface area contributed by atoms with Gasteiger partial charge in [-0.25, -0.2) is 9.99 Å². The summed E-state index contributed by atoms with van der Waals surface area (Å²) in [5.74, 6) is 0.929. The van der Waals surface area contributed by atoms with Crippen molar-refractivity contribution in [1.82, 2.24) is 4.98 Å². The molecule has 1 aliphatic carbocycles. The van der Waals surface area contributed by atoms with E-state index in [2.05, 4.69) is 29.1 Å². The second-order valence-electron chi connectivity index (χ2n) is 6.16. The number of rotatable bonds is 1. The Morgan fingerprint density at radius 3 is 3.09 bits per heavy atom. The van der Waals surface area contributed by atoms with E-state index in [0.717, 1.165) is 37.4 Å². The van der Waals surface area contributed by atoms with Crippen LogP contribution in [0.2, 0.25) is 0 Å². The summed E-state index contributed by atoms with van der Waals surface area (Å²) in [5.41, 5.74) is 4.86. The number of allylic oxidation sites excluding steroid dienone is 1. The average Bonchev–Trinajstić information content (AvgIpc) is 2.74. The first kappa shape index (κ1) is 13.7. The van der Waals surface area contributed by atoms with Crippen molar-refractivity contribution in [3.8, 4) is 0 Å². The Kier molecular flexibility index (Phi) is 3.34. The molecule has 4 nitrogen and oxygen atoms in total. The van der Waals surface area contributed by atoms with Gasteiger partial charge in [0.15, 0.2) is 0 Å². The van der Waals surface area contributed by atoms with Crippen molar-refractivity contribution in [2.24, 2.45) is 5.10 Å². The molecule has 0 radical (unpaired) electrons. The molecule has 0 fully saturated rings. The van der Waals surface area contributed by atoms with Crippen LogP contribution in [-0.2, 0) is 4.74 Å². The van der Waals surface area contributed by atoms with Crippen molar-refractivity contribution >= 4 is 11.5 Å². The molecule has 2 aliphatic heterocycles. The van der Waals surface area contributed by atoms with Gasteiger partial charge in [0.1, 0.15) is 5.82 Å². The number of fused-ring (bicyclic) bond motifs is 2. The number of aryl methyl sites for hydroxylation is 1. The Labute approximate surface area is 131 Å². The first-order valence-electron chi connectivity index (χ1n) is 8.07. The highest BCUT2D eigenvalue weighted by Gasteiger charge is 2.36. The Morgan fingerprint density at radius 1 is 1.32 bits per heavy atom. The highest BCUT2D eigenvalue weighted by molar-refractivity contribution is 6.05. The van der Waals surface area contributed by atoms with Gasteiger partial charge in [-0.1, -0.05) is 18.2 Å². The maximum Gasteiger partial charge on any atom is 0.149 e. The fraction of sp³-hybridized carbons (Fsp3) is 0.444. The summed E-state index contributed by atoms with van der Waals surface area (Å²) in [7, 11) is 0. The third-order valence-corrected chi connectivity index (χ3v) is 4.64. The summed E-state index contributed by atoms with van der Waals surface area (Å²) < 4.78 is 6.03. The van der Waals surface area contributed by atoms with Gasteiger partial charge in [0.2, 0.25) is 0 Å². The second-order valence-corrected chi connectivity index (χ2v) is 6.16. The van der Waals surface area contributed by atoms with Crippen LogP contribution in [0.1, 0.15) is 31.9 Å². The van der Waals surface area contributed by atoms with Crippen molar-refractivity contribution in [2.45, 2.75) is 45.3 Å². The molecule has 3 heterocycles. The predicted octanol–water partition coefficient (Wildman–Crippen LogP) is 3.39. The number of hydrogen-bond acceptors (Lipinski definition) is 4. The zero-order chi connectivity index (χ0) is 15.1. The maximum atomic E-state index is 6.03. The van der Waals surface area contributed by atoms with Crippen LogP contribution in [0.15, 0.2) is 46.6 Å². The number of hydrazone groups is 1. The van der Waals surface area contributed by atoms with Gasteiger partial charge >= 0.3 is 0 Å². The molecule has 0 aromatic carbocycles. The maximum absolute atomic E-state index is 6.03. The van der Waals surface area contributed by atoms with Gasteiger partial charge in [0, 0.05) is 17.7 Å². The summed E-state index contributed by atoms with van der Waals surface area (Å²) in [4.78, 5) is 4.64. The molecule has 2 atom stereocenters.